The molecule has 0 aliphatic heterocycles. The van der Waals surface area contributed by atoms with Crippen LogP contribution in [0.25, 0.3) is 11.5 Å². The van der Waals surface area contributed by atoms with Crippen molar-refractivity contribution in [2.24, 2.45) is 0 Å². The van der Waals surface area contributed by atoms with Gasteiger partial charge in [-0.05, 0) is 6.07 Å². The van der Waals surface area contributed by atoms with Gasteiger partial charge in [-0.2, -0.15) is 0 Å². The van der Waals surface area contributed by atoms with Gasteiger partial charge in [-0.25, -0.2) is 8.78 Å². The molecule has 0 atom stereocenters. The van der Waals surface area contributed by atoms with E-state index >= 15 is 0 Å². The fourth-order valence-corrected chi connectivity index (χ4v) is 1.41. The molecule has 2 rings (SSSR count). The number of halogens is 3. The van der Waals surface area contributed by atoms with E-state index in [1.807, 2.05) is 0 Å². The number of hydrogen-bond donors (Lipinski definition) is 0. The van der Waals surface area contributed by atoms with Gasteiger partial charge in [-0.15, -0.1) is 10.2 Å². The summed E-state index contributed by atoms with van der Waals surface area (Å²) in [5.41, 5.74) is -0.938. The summed E-state index contributed by atoms with van der Waals surface area (Å²) in [5.74, 6) is -2.83. The van der Waals surface area contributed by atoms with E-state index in [1.165, 1.54) is 0 Å². The van der Waals surface area contributed by atoms with Gasteiger partial charge in [0.25, 0.3) is 16.4 Å². The van der Waals surface area contributed by atoms with Gasteiger partial charge in [0.05, 0.1) is 11.0 Å². The van der Waals surface area contributed by atoms with E-state index in [-0.39, 0.29) is 16.3 Å². The molecule has 1 aromatic carbocycles. The molecule has 0 aliphatic rings. The molecule has 2 aromatic rings. The summed E-state index contributed by atoms with van der Waals surface area (Å²) in [5, 5.41) is 17.5. The number of nitro groups is 1. The first-order valence-corrected chi connectivity index (χ1v) is 4.91. The van der Waals surface area contributed by atoms with Crippen LogP contribution >= 0.6 is 15.9 Å². The molecule has 17 heavy (non-hydrogen) atoms. The molecule has 0 amide bonds. The average Bonchev–Trinajstić information content (AvgIpc) is 2.68. The van der Waals surface area contributed by atoms with Crippen LogP contribution in [0, 0.1) is 21.7 Å². The van der Waals surface area contributed by atoms with Crippen molar-refractivity contribution in [2.45, 2.75) is 0 Å². The lowest BCUT2D eigenvalue weighted by Gasteiger charge is -1.99. The predicted octanol–water partition coefficient (Wildman–Crippen LogP) is 2.69. The Labute approximate surface area is 101 Å². The number of hydrogen-bond acceptors (Lipinski definition) is 5. The summed E-state index contributed by atoms with van der Waals surface area (Å²) in [6, 6.07) is 1.09. The van der Waals surface area contributed by atoms with E-state index in [4.69, 9.17) is 4.42 Å². The van der Waals surface area contributed by atoms with Crippen LogP contribution < -0.4 is 0 Å². The van der Waals surface area contributed by atoms with Gasteiger partial charge in [-0.3, -0.25) is 10.1 Å². The van der Waals surface area contributed by atoms with E-state index in [0.717, 1.165) is 0 Å². The van der Waals surface area contributed by atoms with Crippen molar-refractivity contribution < 1.29 is 18.1 Å². The van der Waals surface area contributed by atoms with Crippen molar-refractivity contribution in [1.82, 2.24) is 10.2 Å². The van der Waals surface area contributed by atoms with Crippen molar-refractivity contribution in [3.05, 3.63) is 38.7 Å². The predicted molar refractivity (Wildman–Crippen MR) is 54.0 cm³/mol. The zero-order valence-electron chi connectivity index (χ0n) is 7.85. The highest BCUT2D eigenvalue weighted by Gasteiger charge is 2.23. The molecule has 0 saturated carbocycles. The number of rotatable bonds is 2. The Balaban J connectivity index is 2.67. The standard InChI is InChI=1S/C8H2BrF2N3O3/c9-8-13-12-7(17-8)3-1-4(10)5(11)2-6(3)14(15)16/h1-2H. The smallest absolute Gasteiger partial charge is 0.285 e. The summed E-state index contributed by atoms with van der Waals surface area (Å²) >= 11 is 2.85. The Morgan fingerprint density at radius 2 is 1.94 bits per heavy atom. The molecule has 0 unspecified atom stereocenters. The summed E-state index contributed by atoms with van der Waals surface area (Å²) < 4.78 is 30.8. The first-order valence-electron chi connectivity index (χ1n) is 4.12. The first kappa shape index (κ1) is 11.6. The maximum atomic E-state index is 13.0. The minimum Gasteiger partial charge on any atom is -0.411 e. The van der Waals surface area contributed by atoms with Crippen LogP contribution in [0.5, 0.6) is 0 Å². The summed E-state index contributed by atoms with van der Waals surface area (Å²) in [6.07, 6.45) is 0. The van der Waals surface area contributed by atoms with Gasteiger partial charge in [0, 0.05) is 15.9 Å². The largest absolute Gasteiger partial charge is 0.411 e. The Hall–Kier alpha value is -1.90. The highest BCUT2D eigenvalue weighted by molar-refractivity contribution is 9.10. The maximum Gasteiger partial charge on any atom is 0.285 e. The number of aromatic nitrogens is 2. The summed E-state index contributed by atoms with van der Waals surface area (Å²) in [6.45, 7) is 0. The van der Waals surface area contributed by atoms with Crippen LogP contribution in [0.3, 0.4) is 0 Å². The van der Waals surface area contributed by atoms with Gasteiger partial charge in [0.1, 0.15) is 5.56 Å². The lowest BCUT2D eigenvalue weighted by molar-refractivity contribution is -0.384. The molecule has 0 spiro atoms. The van der Waals surface area contributed by atoms with E-state index in [9.17, 15) is 18.9 Å². The van der Waals surface area contributed by atoms with Crippen molar-refractivity contribution in [2.75, 3.05) is 0 Å². The third-order valence-corrected chi connectivity index (χ3v) is 2.19. The molecule has 0 aliphatic carbocycles. The van der Waals surface area contributed by atoms with Crippen molar-refractivity contribution in [3.63, 3.8) is 0 Å². The van der Waals surface area contributed by atoms with Gasteiger partial charge >= 0.3 is 0 Å². The van der Waals surface area contributed by atoms with Gasteiger partial charge in [0.2, 0.25) is 0 Å². The molecule has 9 heteroatoms. The number of benzene rings is 1. The van der Waals surface area contributed by atoms with Crippen LogP contribution in [0.2, 0.25) is 0 Å². The number of nitrogens with zero attached hydrogens (tertiary/aromatic N) is 3. The maximum absolute atomic E-state index is 13.0. The normalized spacial score (nSPS) is 10.5. The fraction of sp³-hybridized carbons (Fsp3) is 0. The van der Waals surface area contributed by atoms with Crippen molar-refractivity contribution in [1.29, 1.82) is 0 Å². The second-order valence-electron chi connectivity index (χ2n) is 2.90. The zero-order chi connectivity index (χ0) is 12.6. The highest BCUT2D eigenvalue weighted by atomic mass is 79.9. The molecular weight excluding hydrogens is 304 g/mol. The Kier molecular flexibility index (Phi) is 2.84. The fourth-order valence-electron chi connectivity index (χ4n) is 1.17. The molecule has 1 heterocycles. The van der Waals surface area contributed by atoms with Crippen LogP contribution in [0.4, 0.5) is 14.5 Å². The molecular formula is C8H2BrF2N3O3. The molecule has 0 N–H and O–H groups in total. The van der Waals surface area contributed by atoms with Crippen LogP contribution in [0.15, 0.2) is 21.3 Å². The topological polar surface area (TPSA) is 82.1 Å². The Morgan fingerprint density at radius 1 is 1.29 bits per heavy atom. The lowest BCUT2D eigenvalue weighted by atomic mass is 10.1. The number of nitro benzene ring substituents is 1. The van der Waals surface area contributed by atoms with Crippen LogP contribution in [-0.4, -0.2) is 15.1 Å². The zero-order valence-corrected chi connectivity index (χ0v) is 9.44. The molecule has 0 fully saturated rings. The second kappa shape index (κ2) is 4.17. The van der Waals surface area contributed by atoms with E-state index in [1.54, 1.807) is 0 Å². The third kappa shape index (κ3) is 2.13. The van der Waals surface area contributed by atoms with Crippen molar-refractivity contribution in [3.8, 4) is 11.5 Å². The van der Waals surface area contributed by atoms with Gasteiger partial charge < -0.3 is 4.42 Å². The molecule has 0 radical (unpaired) electrons. The Bertz CT molecular complexity index is 602. The molecule has 0 saturated heterocycles. The second-order valence-corrected chi connectivity index (χ2v) is 3.58. The molecule has 0 bridgehead atoms. The average molecular weight is 306 g/mol. The molecule has 6 nitrogen and oxygen atoms in total. The first-order chi connectivity index (χ1) is 7.99. The summed E-state index contributed by atoms with van der Waals surface area (Å²) in [7, 11) is 0. The minimum absolute atomic E-state index is 0.0217. The molecule has 88 valence electrons. The lowest BCUT2D eigenvalue weighted by Crippen LogP contribution is -1.96. The van der Waals surface area contributed by atoms with E-state index in [2.05, 4.69) is 26.1 Å². The molecule has 1 aromatic heterocycles. The van der Waals surface area contributed by atoms with Gasteiger partial charge in [0.15, 0.2) is 11.6 Å². The minimum atomic E-state index is -1.32. The van der Waals surface area contributed by atoms with Crippen molar-refractivity contribution >= 4 is 21.6 Å². The Morgan fingerprint density at radius 3 is 2.47 bits per heavy atom. The van der Waals surface area contributed by atoms with E-state index < -0.39 is 22.2 Å². The third-order valence-electron chi connectivity index (χ3n) is 1.87. The van der Waals surface area contributed by atoms with Gasteiger partial charge in [-0.1, -0.05) is 0 Å². The summed E-state index contributed by atoms with van der Waals surface area (Å²) in [4.78, 5) is 9.79. The quantitative estimate of drug-likeness (QED) is 0.629. The monoisotopic (exact) mass is 305 g/mol. The highest BCUT2D eigenvalue weighted by Crippen LogP contribution is 2.31. The van der Waals surface area contributed by atoms with Crippen LogP contribution in [0.1, 0.15) is 0 Å². The van der Waals surface area contributed by atoms with Crippen LogP contribution in [-0.2, 0) is 0 Å². The van der Waals surface area contributed by atoms with E-state index in [0.29, 0.717) is 12.1 Å². The SMILES string of the molecule is O=[N+]([O-])c1cc(F)c(F)cc1-c1nnc(Br)o1.